The number of benzene rings is 1. The Morgan fingerprint density at radius 3 is 2.84 bits per heavy atom. The topological polar surface area (TPSA) is 93.5 Å². The van der Waals surface area contributed by atoms with Crippen molar-refractivity contribution in [2.75, 3.05) is 26.7 Å². The fourth-order valence-corrected chi connectivity index (χ4v) is 2.80. The number of carbonyl (C=O) groups is 3. The maximum Gasteiger partial charge on any atom is 0.356 e. The van der Waals surface area contributed by atoms with Gasteiger partial charge in [0.1, 0.15) is 0 Å². The lowest BCUT2D eigenvalue weighted by Gasteiger charge is -2.26. The van der Waals surface area contributed by atoms with Crippen LogP contribution in [-0.2, 0) is 16.6 Å². The highest BCUT2D eigenvalue weighted by Crippen LogP contribution is 2.25. The summed E-state index contributed by atoms with van der Waals surface area (Å²) in [5.74, 6) is -0.893. The molecule has 25 heavy (non-hydrogen) atoms. The molecular formula is C17H18N4O4. The van der Waals surface area contributed by atoms with Gasteiger partial charge in [-0.2, -0.15) is 5.10 Å². The van der Waals surface area contributed by atoms with Gasteiger partial charge in [0.2, 0.25) is 5.91 Å². The van der Waals surface area contributed by atoms with E-state index in [1.54, 1.807) is 37.5 Å². The fourth-order valence-electron chi connectivity index (χ4n) is 2.80. The number of aromatic nitrogens is 2. The van der Waals surface area contributed by atoms with Gasteiger partial charge in [-0.25, -0.2) is 4.79 Å². The quantitative estimate of drug-likeness (QED) is 0.817. The summed E-state index contributed by atoms with van der Waals surface area (Å²) in [6.07, 6.45) is 1.56. The van der Waals surface area contributed by atoms with Crippen LogP contribution in [0.4, 0.5) is 0 Å². The maximum absolute atomic E-state index is 12.6. The van der Waals surface area contributed by atoms with Gasteiger partial charge in [0.25, 0.3) is 5.91 Å². The Labute approximate surface area is 144 Å². The molecule has 2 amide bonds. The largest absolute Gasteiger partial charge is 0.464 e. The lowest BCUT2D eigenvalue weighted by atomic mass is 10.0. The minimum Gasteiger partial charge on any atom is -0.464 e. The van der Waals surface area contributed by atoms with Gasteiger partial charge in [-0.1, -0.05) is 12.1 Å². The van der Waals surface area contributed by atoms with Crippen molar-refractivity contribution < 1.29 is 19.1 Å². The van der Waals surface area contributed by atoms with Crippen LogP contribution in [0, 0.1) is 0 Å². The van der Waals surface area contributed by atoms with E-state index in [1.165, 1.54) is 16.7 Å². The number of esters is 1. The highest BCUT2D eigenvalue weighted by atomic mass is 16.5. The molecule has 1 aliphatic heterocycles. The molecule has 0 radical (unpaired) electrons. The highest BCUT2D eigenvalue weighted by Gasteiger charge is 2.24. The predicted molar refractivity (Wildman–Crippen MR) is 88.9 cm³/mol. The molecule has 0 atom stereocenters. The second-order valence-corrected chi connectivity index (χ2v) is 5.68. The second-order valence-electron chi connectivity index (χ2n) is 5.68. The third-order valence-electron chi connectivity index (χ3n) is 4.06. The number of methoxy groups -OCH3 is 1. The summed E-state index contributed by atoms with van der Waals surface area (Å²) in [6, 6.07) is 6.91. The first kappa shape index (κ1) is 16.7. The Balaban J connectivity index is 1.94. The van der Waals surface area contributed by atoms with E-state index in [-0.39, 0.29) is 18.4 Å². The van der Waals surface area contributed by atoms with Crippen molar-refractivity contribution in [2.24, 2.45) is 7.05 Å². The molecule has 8 heteroatoms. The van der Waals surface area contributed by atoms with E-state index in [0.717, 1.165) is 0 Å². The van der Waals surface area contributed by atoms with Crippen LogP contribution in [0.3, 0.4) is 0 Å². The smallest absolute Gasteiger partial charge is 0.356 e. The van der Waals surface area contributed by atoms with E-state index >= 15 is 0 Å². The number of aryl methyl sites for hydroxylation is 1. The fraction of sp³-hybridized carbons (Fsp3) is 0.294. The molecule has 1 N–H and O–H groups in total. The Morgan fingerprint density at radius 2 is 2.12 bits per heavy atom. The molecule has 0 aliphatic carbocycles. The SMILES string of the molecule is COC(=O)c1c(-c2cccc(C(=O)N3CCNC(=O)C3)c2)cnn1C. The van der Waals surface area contributed by atoms with Gasteiger partial charge in [0.15, 0.2) is 5.69 Å². The first-order valence-corrected chi connectivity index (χ1v) is 7.78. The van der Waals surface area contributed by atoms with Gasteiger partial charge in [0.05, 0.1) is 19.9 Å². The minimum absolute atomic E-state index is 0.0450. The van der Waals surface area contributed by atoms with E-state index in [4.69, 9.17) is 4.74 Å². The number of hydrogen-bond donors (Lipinski definition) is 1. The van der Waals surface area contributed by atoms with Crippen molar-refractivity contribution in [1.29, 1.82) is 0 Å². The summed E-state index contributed by atoms with van der Waals surface area (Å²) in [4.78, 5) is 37.6. The van der Waals surface area contributed by atoms with E-state index in [1.807, 2.05) is 0 Å². The van der Waals surface area contributed by atoms with Crippen LogP contribution in [0.1, 0.15) is 20.8 Å². The molecule has 8 nitrogen and oxygen atoms in total. The maximum atomic E-state index is 12.6. The van der Waals surface area contributed by atoms with Gasteiger partial charge in [-0.3, -0.25) is 14.3 Å². The Bertz CT molecular complexity index is 843. The van der Waals surface area contributed by atoms with Crippen molar-refractivity contribution in [2.45, 2.75) is 0 Å². The average Bonchev–Trinajstić information content (AvgIpc) is 3.02. The van der Waals surface area contributed by atoms with Crippen LogP contribution in [-0.4, -0.2) is 59.2 Å². The minimum atomic E-state index is -0.501. The van der Waals surface area contributed by atoms with Crippen LogP contribution in [0.15, 0.2) is 30.5 Å². The molecule has 1 aromatic carbocycles. The lowest BCUT2D eigenvalue weighted by Crippen LogP contribution is -2.49. The van der Waals surface area contributed by atoms with Gasteiger partial charge < -0.3 is 15.0 Å². The highest BCUT2D eigenvalue weighted by molar-refractivity contribution is 5.99. The van der Waals surface area contributed by atoms with E-state index in [0.29, 0.717) is 35.5 Å². The normalized spacial score (nSPS) is 14.2. The molecule has 2 heterocycles. The summed E-state index contributed by atoms with van der Waals surface area (Å²) in [6.45, 7) is 0.956. The first-order chi connectivity index (χ1) is 12.0. The molecule has 0 spiro atoms. The van der Waals surface area contributed by atoms with E-state index in [9.17, 15) is 14.4 Å². The number of carbonyl (C=O) groups excluding carboxylic acids is 3. The lowest BCUT2D eigenvalue weighted by molar-refractivity contribution is -0.123. The summed E-state index contributed by atoms with van der Waals surface area (Å²) in [7, 11) is 2.96. The number of piperazine rings is 1. The van der Waals surface area contributed by atoms with E-state index in [2.05, 4.69) is 10.4 Å². The van der Waals surface area contributed by atoms with Crippen LogP contribution in [0.2, 0.25) is 0 Å². The zero-order chi connectivity index (χ0) is 18.0. The van der Waals surface area contributed by atoms with Crippen LogP contribution < -0.4 is 5.32 Å². The number of ether oxygens (including phenoxy) is 1. The summed E-state index contributed by atoms with van der Waals surface area (Å²) < 4.78 is 6.24. The number of nitrogens with zero attached hydrogens (tertiary/aromatic N) is 3. The standard InChI is InChI=1S/C17H18N4O4/c1-20-15(17(24)25-2)13(9-19-20)11-4-3-5-12(8-11)16(23)21-7-6-18-14(22)10-21/h3-5,8-9H,6-7,10H2,1-2H3,(H,18,22). The number of nitrogens with one attached hydrogen (secondary N) is 1. The molecule has 3 rings (SSSR count). The summed E-state index contributed by atoms with van der Waals surface area (Å²) in [5, 5.41) is 6.79. The molecule has 0 bridgehead atoms. The van der Waals surface area contributed by atoms with Crippen molar-refractivity contribution >= 4 is 17.8 Å². The Kier molecular flexibility index (Phi) is 4.51. The summed E-state index contributed by atoms with van der Waals surface area (Å²) >= 11 is 0. The molecule has 1 saturated heterocycles. The van der Waals surface area contributed by atoms with Gasteiger partial charge in [-0.05, 0) is 17.7 Å². The molecule has 1 aromatic heterocycles. The zero-order valence-electron chi connectivity index (χ0n) is 14.0. The monoisotopic (exact) mass is 342 g/mol. The summed E-state index contributed by atoms with van der Waals surface area (Å²) in [5.41, 5.74) is 2.03. The van der Waals surface area contributed by atoms with Gasteiger partial charge >= 0.3 is 5.97 Å². The molecule has 1 aliphatic rings. The Hall–Kier alpha value is -3.16. The number of rotatable bonds is 3. The molecule has 0 unspecified atom stereocenters. The van der Waals surface area contributed by atoms with Gasteiger partial charge in [0, 0.05) is 31.3 Å². The van der Waals surface area contributed by atoms with Crippen LogP contribution >= 0.6 is 0 Å². The third-order valence-corrected chi connectivity index (χ3v) is 4.06. The van der Waals surface area contributed by atoms with Crippen LogP contribution in [0.25, 0.3) is 11.1 Å². The average molecular weight is 342 g/mol. The predicted octanol–water partition coefficient (Wildman–Crippen LogP) is 0.446. The molecule has 2 aromatic rings. The Morgan fingerprint density at radius 1 is 1.32 bits per heavy atom. The van der Waals surface area contributed by atoms with Crippen molar-refractivity contribution in [3.8, 4) is 11.1 Å². The van der Waals surface area contributed by atoms with Crippen molar-refractivity contribution in [3.05, 3.63) is 41.7 Å². The third kappa shape index (κ3) is 3.23. The van der Waals surface area contributed by atoms with Crippen LogP contribution in [0.5, 0.6) is 0 Å². The number of hydrogen-bond acceptors (Lipinski definition) is 5. The second kappa shape index (κ2) is 6.76. The zero-order valence-corrected chi connectivity index (χ0v) is 14.0. The molecular weight excluding hydrogens is 324 g/mol. The molecule has 0 saturated carbocycles. The van der Waals surface area contributed by atoms with Crippen molar-refractivity contribution in [3.63, 3.8) is 0 Å². The van der Waals surface area contributed by atoms with Crippen molar-refractivity contribution in [1.82, 2.24) is 20.0 Å². The number of amides is 2. The molecule has 130 valence electrons. The van der Waals surface area contributed by atoms with E-state index < -0.39 is 5.97 Å². The first-order valence-electron chi connectivity index (χ1n) is 7.78. The molecule has 1 fully saturated rings. The van der Waals surface area contributed by atoms with Gasteiger partial charge in [-0.15, -0.1) is 0 Å².